The lowest BCUT2D eigenvalue weighted by Gasteiger charge is -2.04. The average molecular weight is 334 g/mol. The summed E-state index contributed by atoms with van der Waals surface area (Å²) < 4.78 is 1.99. The summed E-state index contributed by atoms with van der Waals surface area (Å²) in [7, 11) is 1.94. The minimum absolute atomic E-state index is 0.237. The number of aromatic nitrogens is 1. The molecule has 3 heteroatoms. The molecule has 1 aromatic heterocycles. The van der Waals surface area contributed by atoms with E-state index in [2.05, 4.69) is 6.92 Å². The standard InChI is InChI=1S/C21H35NO2/c1-5-6-7-8-9-10-11-12-13-14-20(24)21-17(2)19(15-16-23)22(4)18(21)3/h16H,5-15H2,1-4H3. The van der Waals surface area contributed by atoms with Crippen molar-refractivity contribution < 1.29 is 9.59 Å². The Balaban J connectivity index is 2.36. The minimum Gasteiger partial charge on any atom is -0.350 e. The van der Waals surface area contributed by atoms with Crippen LogP contribution in [0.15, 0.2) is 0 Å². The van der Waals surface area contributed by atoms with E-state index in [0.29, 0.717) is 12.8 Å². The quantitative estimate of drug-likeness (QED) is 0.272. The van der Waals surface area contributed by atoms with E-state index in [0.717, 1.165) is 41.6 Å². The van der Waals surface area contributed by atoms with Crippen molar-refractivity contribution in [1.29, 1.82) is 0 Å². The summed E-state index contributed by atoms with van der Waals surface area (Å²) in [5, 5.41) is 0. The topological polar surface area (TPSA) is 39.1 Å². The van der Waals surface area contributed by atoms with Crippen LogP contribution in [0.3, 0.4) is 0 Å². The van der Waals surface area contributed by atoms with Crippen LogP contribution in [-0.4, -0.2) is 16.6 Å². The normalized spacial score (nSPS) is 11.0. The van der Waals surface area contributed by atoms with E-state index in [1.165, 1.54) is 44.9 Å². The maximum atomic E-state index is 12.6. The van der Waals surface area contributed by atoms with E-state index >= 15 is 0 Å². The molecule has 0 atom stereocenters. The molecular weight excluding hydrogens is 298 g/mol. The maximum absolute atomic E-state index is 12.6. The number of rotatable bonds is 13. The van der Waals surface area contributed by atoms with Crippen LogP contribution in [-0.2, 0) is 18.3 Å². The molecule has 0 fully saturated rings. The van der Waals surface area contributed by atoms with E-state index in [9.17, 15) is 9.59 Å². The van der Waals surface area contributed by atoms with Gasteiger partial charge >= 0.3 is 0 Å². The van der Waals surface area contributed by atoms with E-state index in [4.69, 9.17) is 0 Å². The van der Waals surface area contributed by atoms with Crippen molar-refractivity contribution in [3.8, 4) is 0 Å². The van der Waals surface area contributed by atoms with Crippen LogP contribution in [0.5, 0.6) is 0 Å². The first kappa shape index (κ1) is 20.7. The van der Waals surface area contributed by atoms with Crippen molar-refractivity contribution in [2.75, 3.05) is 0 Å². The van der Waals surface area contributed by atoms with Gasteiger partial charge in [0.15, 0.2) is 5.78 Å². The lowest BCUT2D eigenvalue weighted by molar-refractivity contribution is -0.107. The smallest absolute Gasteiger partial charge is 0.164 e. The van der Waals surface area contributed by atoms with Gasteiger partial charge in [0.2, 0.25) is 0 Å². The third kappa shape index (κ3) is 5.92. The Morgan fingerprint density at radius 3 is 2.04 bits per heavy atom. The maximum Gasteiger partial charge on any atom is 0.164 e. The summed E-state index contributed by atoms with van der Waals surface area (Å²) in [5.41, 5.74) is 3.79. The van der Waals surface area contributed by atoms with Crippen molar-refractivity contribution in [3.05, 3.63) is 22.5 Å². The van der Waals surface area contributed by atoms with Gasteiger partial charge in [-0.3, -0.25) is 4.79 Å². The molecule has 3 nitrogen and oxygen atoms in total. The molecule has 0 amide bonds. The molecule has 0 aliphatic heterocycles. The molecule has 0 saturated heterocycles. The largest absolute Gasteiger partial charge is 0.350 e. The van der Waals surface area contributed by atoms with Crippen molar-refractivity contribution in [2.24, 2.45) is 7.05 Å². The van der Waals surface area contributed by atoms with Gasteiger partial charge in [0.1, 0.15) is 6.29 Å². The molecule has 1 aromatic rings. The molecule has 0 aliphatic rings. The fourth-order valence-electron chi connectivity index (χ4n) is 3.54. The van der Waals surface area contributed by atoms with E-state index in [-0.39, 0.29) is 5.78 Å². The molecule has 136 valence electrons. The van der Waals surface area contributed by atoms with Crippen LogP contribution in [0, 0.1) is 13.8 Å². The van der Waals surface area contributed by atoms with Gasteiger partial charge in [-0.15, -0.1) is 0 Å². The molecule has 0 spiro atoms. The summed E-state index contributed by atoms with van der Waals surface area (Å²) in [4.78, 5) is 23.4. The number of aldehydes is 1. The highest BCUT2D eigenvalue weighted by atomic mass is 16.1. The van der Waals surface area contributed by atoms with Gasteiger partial charge < -0.3 is 9.36 Å². The lowest BCUT2D eigenvalue weighted by Crippen LogP contribution is -2.03. The Kier molecular flexibility index (Phi) is 9.66. The van der Waals surface area contributed by atoms with Crippen LogP contribution < -0.4 is 0 Å². The zero-order valence-corrected chi connectivity index (χ0v) is 16.1. The Bertz CT molecular complexity index is 528. The molecule has 0 bridgehead atoms. The first-order valence-corrected chi connectivity index (χ1v) is 9.66. The molecule has 24 heavy (non-hydrogen) atoms. The molecule has 0 N–H and O–H groups in total. The van der Waals surface area contributed by atoms with Gasteiger partial charge in [0.05, 0.1) is 0 Å². The van der Waals surface area contributed by atoms with E-state index in [1.807, 2.05) is 25.5 Å². The summed E-state index contributed by atoms with van der Waals surface area (Å²) in [5.74, 6) is 0.237. The molecule has 1 rings (SSSR count). The van der Waals surface area contributed by atoms with Gasteiger partial charge in [-0.2, -0.15) is 0 Å². The number of Topliss-reactive ketones (excluding diaryl/α,β-unsaturated/α-hetero) is 1. The molecule has 0 unspecified atom stereocenters. The number of ketones is 1. The Morgan fingerprint density at radius 2 is 1.50 bits per heavy atom. The number of carbonyl (C=O) groups excluding carboxylic acids is 2. The molecule has 0 aliphatic carbocycles. The summed E-state index contributed by atoms with van der Waals surface area (Å²) in [6, 6.07) is 0. The predicted octanol–water partition coefficient (Wildman–Crippen LogP) is 5.49. The molecule has 0 saturated carbocycles. The van der Waals surface area contributed by atoms with Crippen molar-refractivity contribution in [2.45, 2.75) is 91.4 Å². The monoisotopic (exact) mass is 333 g/mol. The molecule has 0 aromatic carbocycles. The van der Waals surface area contributed by atoms with Crippen molar-refractivity contribution in [3.63, 3.8) is 0 Å². The number of unbranched alkanes of at least 4 members (excludes halogenated alkanes) is 8. The Morgan fingerprint density at radius 1 is 0.958 bits per heavy atom. The Labute approximate surface area is 147 Å². The average Bonchev–Trinajstić information content (AvgIpc) is 2.77. The third-order valence-corrected chi connectivity index (χ3v) is 5.14. The van der Waals surface area contributed by atoms with Crippen LogP contribution in [0.25, 0.3) is 0 Å². The zero-order chi connectivity index (χ0) is 17.9. The number of carbonyl (C=O) groups is 2. The van der Waals surface area contributed by atoms with Crippen molar-refractivity contribution in [1.82, 2.24) is 4.57 Å². The summed E-state index contributed by atoms with van der Waals surface area (Å²) >= 11 is 0. The second kappa shape index (κ2) is 11.2. The first-order valence-electron chi connectivity index (χ1n) is 9.66. The molecular formula is C21H35NO2. The van der Waals surface area contributed by atoms with E-state index < -0.39 is 0 Å². The van der Waals surface area contributed by atoms with Gasteiger partial charge in [-0.25, -0.2) is 0 Å². The third-order valence-electron chi connectivity index (χ3n) is 5.14. The highest BCUT2D eigenvalue weighted by molar-refractivity contribution is 5.99. The highest BCUT2D eigenvalue weighted by Gasteiger charge is 2.19. The Hall–Kier alpha value is -1.38. The van der Waals surface area contributed by atoms with Crippen molar-refractivity contribution >= 4 is 12.1 Å². The fraction of sp³-hybridized carbons (Fsp3) is 0.714. The van der Waals surface area contributed by atoms with Gasteiger partial charge in [-0.1, -0.05) is 58.3 Å². The second-order valence-corrected chi connectivity index (χ2v) is 6.96. The molecule has 1 heterocycles. The minimum atomic E-state index is 0.237. The summed E-state index contributed by atoms with van der Waals surface area (Å²) in [6.07, 6.45) is 13.3. The van der Waals surface area contributed by atoms with Crippen LogP contribution in [0.1, 0.15) is 98.4 Å². The molecule has 0 radical (unpaired) electrons. The van der Waals surface area contributed by atoms with Crippen LogP contribution in [0.4, 0.5) is 0 Å². The highest BCUT2D eigenvalue weighted by Crippen LogP contribution is 2.23. The second-order valence-electron chi connectivity index (χ2n) is 6.96. The lowest BCUT2D eigenvalue weighted by atomic mass is 9.99. The SMILES string of the molecule is CCCCCCCCCCCC(=O)c1c(C)c(CC=O)n(C)c1C. The summed E-state index contributed by atoms with van der Waals surface area (Å²) in [6.45, 7) is 6.19. The number of hydrogen-bond acceptors (Lipinski definition) is 2. The fourth-order valence-corrected chi connectivity index (χ4v) is 3.54. The predicted molar refractivity (Wildman–Crippen MR) is 101 cm³/mol. The van der Waals surface area contributed by atoms with E-state index in [1.54, 1.807) is 0 Å². The van der Waals surface area contributed by atoms with Gasteiger partial charge in [0.25, 0.3) is 0 Å². The first-order chi connectivity index (χ1) is 11.5. The van der Waals surface area contributed by atoms with Gasteiger partial charge in [-0.05, 0) is 25.8 Å². The number of nitrogens with zero attached hydrogens (tertiary/aromatic N) is 1. The van der Waals surface area contributed by atoms with Gasteiger partial charge in [0, 0.05) is 36.8 Å². The van der Waals surface area contributed by atoms with Crippen LogP contribution in [0.2, 0.25) is 0 Å². The number of hydrogen-bond donors (Lipinski definition) is 0. The van der Waals surface area contributed by atoms with Crippen LogP contribution >= 0.6 is 0 Å². The zero-order valence-electron chi connectivity index (χ0n) is 16.1.